The van der Waals surface area contributed by atoms with Crippen LogP contribution in [0.1, 0.15) is 0 Å². The Morgan fingerprint density at radius 3 is 3.00 bits per heavy atom. The summed E-state index contributed by atoms with van der Waals surface area (Å²) in [6.45, 7) is 0. The molecule has 0 aromatic carbocycles. The molecule has 0 saturated carbocycles. The smallest absolute Gasteiger partial charge is 0.178 e. The molecule has 0 aromatic rings. The monoisotopic (exact) mass is 121 g/mol. The van der Waals surface area contributed by atoms with Crippen molar-refractivity contribution in [3.63, 3.8) is 0 Å². The highest BCUT2D eigenvalue weighted by Gasteiger charge is 2.07. The van der Waals surface area contributed by atoms with Crippen LogP contribution in [-0.2, 0) is 4.79 Å². The minimum atomic E-state index is 0.333. The molecule has 1 atom stereocenters. The Morgan fingerprint density at radius 2 is 2.83 bits per heavy atom. The summed E-state index contributed by atoms with van der Waals surface area (Å²) in [5.74, 6) is 0.665. The first kappa shape index (κ1) is 4.57. The molecule has 0 radical (unpaired) electrons. The van der Waals surface area contributed by atoms with Crippen LogP contribution in [0.5, 0.6) is 0 Å². The fourth-order valence-corrected chi connectivity index (χ4v) is 1.90. The summed E-state index contributed by atoms with van der Waals surface area (Å²) in [5, 5.41) is 0. The Bertz CT molecular complexity index is 67.9. The maximum absolute atomic E-state index is 10.2. The van der Waals surface area contributed by atoms with Gasteiger partial charge in [-0.3, -0.25) is 4.79 Å². The summed E-state index contributed by atoms with van der Waals surface area (Å²) in [6, 6.07) is 0. The number of hydrogen-bond acceptors (Lipinski definition) is 3. The lowest BCUT2D eigenvalue weighted by Gasteiger charge is -1.73. The van der Waals surface area contributed by atoms with Gasteiger partial charge in [0.25, 0.3) is 0 Å². The van der Waals surface area contributed by atoms with Crippen LogP contribution in [-0.4, -0.2) is 11.3 Å². The first-order chi connectivity index (χ1) is 2.89. The van der Waals surface area contributed by atoms with E-state index < -0.39 is 0 Å². The van der Waals surface area contributed by atoms with Gasteiger partial charge in [-0.05, 0) is 0 Å². The summed E-state index contributed by atoms with van der Waals surface area (Å²) in [6.07, 6.45) is 0. The molecule has 0 aliphatic carbocycles. The normalized spacial score (nSPS) is 26.3. The quantitative estimate of drug-likeness (QED) is 0.370. The highest BCUT2D eigenvalue weighted by atomic mass is 32.2. The summed E-state index contributed by atoms with van der Waals surface area (Å²) < 4.78 is 2.87. The lowest BCUT2D eigenvalue weighted by atomic mass is 10.9. The van der Waals surface area contributed by atoms with Crippen LogP contribution < -0.4 is 4.49 Å². The van der Waals surface area contributed by atoms with Crippen LogP contribution in [0.25, 0.3) is 0 Å². The number of hydrogen-bond donors (Lipinski definition) is 1. The zero-order valence-corrected chi connectivity index (χ0v) is 4.84. The predicted molar refractivity (Wildman–Crippen MR) is 28.9 cm³/mol. The average molecular weight is 121 g/mol. The second kappa shape index (κ2) is 1.92. The fourth-order valence-electron chi connectivity index (χ4n) is 0.231. The van der Waals surface area contributed by atoms with Crippen LogP contribution in [0, 0.1) is 0 Å². The zero-order chi connectivity index (χ0) is 4.41. The van der Waals surface area contributed by atoms with Crippen molar-refractivity contribution in [1.29, 1.82) is 0 Å². The molecule has 4 heteroatoms. The molecular formula is C2H4NOPS. The van der Waals surface area contributed by atoms with E-state index in [1.165, 1.54) is 11.9 Å². The second-order valence-corrected chi connectivity index (χ2v) is 3.14. The van der Waals surface area contributed by atoms with Crippen LogP contribution in [0.2, 0.25) is 0 Å². The molecule has 0 amide bonds. The van der Waals surface area contributed by atoms with E-state index in [2.05, 4.69) is 4.49 Å². The summed E-state index contributed by atoms with van der Waals surface area (Å²) in [7, 11) is 0.356. The lowest BCUT2D eigenvalue weighted by Crippen LogP contribution is -1.80. The summed E-state index contributed by atoms with van der Waals surface area (Å²) in [5.41, 5.74) is 0.333. The molecule has 0 spiro atoms. The van der Waals surface area contributed by atoms with Gasteiger partial charge in [-0.25, -0.2) is 4.49 Å². The molecule has 1 heterocycles. The van der Waals surface area contributed by atoms with Crippen LogP contribution in [0.4, 0.5) is 0 Å². The van der Waals surface area contributed by atoms with Gasteiger partial charge >= 0.3 is 0 Å². The molecule has 2 nitrogen and oxygen atoms in total. The van der Waals surface area contributed by atoms with E-state index >= 15 is 0 Å². The topological polar surface area (TPSA) is 29.1 Å². The van der Waals surface area contributed by atoms with E-state index in [9.17, 15) is 4.79 Å². The molecular weight excluding hydrogens is 117 g/mol. The summed E-state index contributed by atoms with van der Waals surface area (Å²) in [4.78, 5) is 10.2. The molecule has 1 rings (SSSR count). The minimum absolute atomic E-state index is 0.333. The van der Waals surface area contributed by atoms with E-state index in [0.717, 1.165) is 0 Å². The average Bonchev–Trinajstić information content (AvgIpc) is 1.86. The largest absolute Gasteiger partial charge is 0.292 e. The Labute approximate surface area is 42.0 Å². The van der Waals surface area contributed by atoms with E-state index in [0.29, 0.717) is 20.0 Å². The molecule has 1 aliphatic rings. The molecule has 1 unspecified atom stereocenters. The van der Waals surface area contributed by atoms with Crippen molar-refractivity contribution in [1.82, 2.24) is 4.49 Å². The van der Waals surface area contributed by atoms with Crippen molar-refractivity contribution in [3.8, 4) is 0 Å². The van der Waals surface area contributed by atoms with Gasteiger partial charge in [0.1, 0.15) is 0 Å². The van der Waals surface area contributed by atoms with Gasteiger partial charge in [0, 0.05) is 8.73 Å². The maximum atomic E-state index is 10.2. The molecule has 6 heavy (non-hydrogen) atoms. The molecule has 1 aliphatic heterocycles. The number of rotatable bonds is 0. The third-order valence-electron chi connectivity index (χ3n) is 0.466. The van der Waals surface area contributed by atoms with Crippen molar-refractivity contribution in [2.45, 2.75) is 0 Å². The highest BCUT2D eigenvalue weighted by Crippen LogP contribution is 2.21. The fraction of sp³-hybridized carbons (Fsp3) is 0.500. The van der Waals surface area contributed by atoms with Gasteiger partial charge in [-0.1, -0.05) is 11.9 Å². The first-order valence-electron chi connectivity index (χ1n) is 1.55. The van der Waals surface area contributed by atoms with Gasteiger partial charge in [-0.2, -0.15) is 0 Å². The second-order valence-electron chi connectivity index (χ2n) is 0.939. The first-order valence-corrected chi connectivity index (χ1v) is 3.54. The summed E-state index contributed by atoms with van der Waals surface area (Å²) >= 11 is 1.49. The van der Waals surface area contributed by atoms with Crippen LogP contribution in [0.15, 0.2) is 0 Å². The number of carbonyl (C=O) groups is 1. The van der Waals surface area contributed by atoms with Gasteiger partial charge in [-0.15, -0.1) is 0 Å². The van der Waals surface area contributed by atoms with Crippen molar-refractivity contribution in [3.05, 3.63) is 0 Å². The Hall–Kier alpha value is 0.410. The van der Waals surface area contributed by atoms with E-state index in [4.69, 9.17) is 0 Å². The molecule has 0 bridgehead atoms. The van der Waals surface area contributed by atoms with E-state index in [1.807, 2.05) is 0 Å². The van der Waals surface area contributed by atoms with Gasteiger partial charge in [0.15, 0.2) is 5.52 Å². The highest BCUT2D eigenvalue weighted by molar-refractivity contribution is 8.06. The van der Waals surface area contributed by atoms with Crippen LogP contribution in [0.3, 0.4) is 0 Å². The Balaban J connectivity index is 2.37. The van der Waals surface area contributed by atoms with Gasteiger partial charge in [0.05, 0.1) is 5.75 Å². The van der Waals surface area contributed by atoms with Crippen molar-refractivity contribution in [2.24, 2.45) is 0 Å². The predicted octanol–water partition coefficient (Wildman–Crippen LogP) is 0.358. The molecule has 1 saturated heterocycles. The maximum Gasteiger partial charge on any atom is 0.178 e. The Kier molecular flexibility index (Phi) is 1.46. The number of nitrogens with one attached hydrogen (secondary N) is 1. The van der Waals surface area contributed by atoms with Crippen LogP contribution >= 0.6 is 20.7 Å². The third-order valence-corrected chi connectivity index (χ3v) is 2.57. The van der Waals surface area contributed by atoms with Gasteiger partial charge < -0.3 is 0 Å². The third kappa shape index (κ3) is 0.934. The van der Waals surface area contributed by atoms with E-state index in [-0.39, 0.29) is 0 Å². The minimum Gasteiger partial charge on any atom is -0.292 e. The van der Waals surface area contributed by atoms with Crippen molar-refractivity contribution in [2.75, 3.05) is 5.75 Å². The van der Waals surface area contributed by atoms with E-state index in [1.54, 1.807) is 0 Å². The van der Waals surface area contributed by atoms with Crippen molar-refractivity contribution < 1.29 is 4.79 Å². The zero-order valence-electron chi connectivity index (χ0n) is 3.02. The van der Waals surface area contributed by atoms with Gasteiger partial charge in [0.2, 0.25) is 0 Å². The number of carbonyl (C=O) groups excluding carboxylic acids is 1. The molecule has 1 N–H and O–H groups in total. The standard InChI is InChI=1S/C2H4NOPS/c4-2-1-6-3-5-2/h3,5H,1H2. The lowest BCUT2D eigenvalue weighted by molar-refractivity contribution is -0.108. The van der Waals surface area contributed by atoms with Crippen molar-refractivity contribution >= 4 is 26.2 Å². The SMILES string of the molecule is O=C1CSNP1. The molecule has 34 valence electrons. The Morgan fingerprint density at radius 1 is 2.00 bits per heavy atom. The molecule has 1 fully saturated rings. The molecule has 0 aromatic heterocycles.